The summed E-state index contributed by atoms with van der Waals surface area (Å²) >= 11 is 0. The number of piperazine rings is 1. The summed E-state index contributed by atoms with van der Waals surface area (Å²) in [5.74, 6) is 1.40. The molecule has 0 radical (unpaired) electrons. The van der Waals surface area contributed by atoms with Crippen molar-refractivity contribution < 1.29 is 8.42 Å². The molecule has 2 aliphatic rings. The van der Waals surface area contributed by atoms with E-state index in [-0.39, 0.29) is 11.1 Å². The van der Waals surface area contributed by atoms with Crippen LogP contribution >= 0.6 is 0 Å². The zero-order chi connectivity index (χ0) is 15.7. The predicted molar refractivity (Wildman–Crippen MR) is 88.3 cm³/mol. The van der Waals surface area contributed by atoms with Crippen molar-refractivity contribution in [2.24, 2.45) is 5.92 Å². The van der Waals surface area contributed by atoms with Gasteiger partial charge in [0.25, 0.3) is 0 Å². The fraction of sp³-hybridized carbons (Fsp3) is 1.00. The third-order valence-corrected chi connectivity index (χ3v) is 7.42. The van der Waals surface area contributed by atoms with Crippen LogP contribution in [0.25, 0.3) is 0 Å². The first-order valence-corrected chi connectivity index (χ1v) is 10.3. The predicted octanol–water partition coefficient (Wildman–Crippen LogP) is 2.05. The summed E-state index contributed by atoms with van der Waals surface area (Å²) in [5, 5.41) is 3.76. The first kappa shape index (κ1) is 17.2. The summed E-state index contributed by atoms with van der Waals surface area (Å²) in [7, 11) is -2.89. The fourth-order valence-electron chi connectivity index (χ4n) is 3.50. The third kappa shape index (κ3) is 3.99. The smallest absolute Gasteiger partial charge is 0.151 e. The second-order valence-electron chi connectivity index (χ2n) is 7.47. The SMILES string of the molecule is CCCS(=O)(=O)CCN1CC(C)(C2CC2)NCC1(C)CC. The van der Waals surface area contributed by atoms with Gasteiger partial charge < -0.3 is 5.32 Å². The van der Waals surface area contributed by atoms with E-state index in [0.717, 1.165) is 25.4 Å². The molecule has 2 atom stereocenters. The van der Waals surface area contributed by atoms with E-state index in [0.29, 0.717) is 24.5 Å². The summed E-state index contributed by atoms with van der Waals surface area (Å²) < 4.78 is 24.1. The minimum absolute atomic E-state index is 0.0795. The Labute approximate surface area is 130 Å². The Bertz CT molecular complexity index is 461. The number of sulfone groups is 1. The molecule has 0 aromatic heterocycles. The van der Waals surface area contributed by atoms with Crippen molar-refractivity contribution in [1.29, 1.82) is 0 Å². The van der Waals surface area contributed by atoms with E-state index in [1.54, 1.807) is 0 Å². The topological polar surface area (TPSA) is 49.4 Å². The highest BCUT2D eigenvalue weighted by atomic mass is 32.2. The van der Waals surface area contributed by atoms with Crippen LogP contribution in [0.1, 0.15) is 53.4 Å². The van der Waals surface area contributed by atoms with Crippen LogP contribution in [0.2, 0.25) is 0 Å². The van der Waals surface area contributed by atoms with Crippen LogP contribution in [0.5, 0.6) is 0 Å². The molecule has 0 spiro atoms. The first-order chi connectivity index (χ1) is 9.75. The van der Waals surface area contributed by atoms with Gasteiger partial charge in [0.15, 0.2) is 9.84 Å². The van der Waals surface area contributed by atoms with Crippen LogP contribution in [-0.4, -0.2) is 55.5 Å². The maximum atomic E-state index is 12.0. The van der Waals surface area contributed by atoms with Crippen molar-refractivity contribution in [3.63, 3.8) is 0 Å². The second kappa shape index (κ2) is 6.17. The average molecular weight is 317 g/mol. The maximum Gasteiger partial charge on any atom is 0.151 e. The van der Waals surface area contributed by atoms with E-state index in [2.05, 4.69) is 31.0 Å². The van der Waals surface area contributed by atoms with Crippen LogP contribution < -0.4 is 5.32 Å². The molecule has 1 heterocycles. The summed E-state index contributed by atoms with van der Waals surface area (Å²) in [4.78, 5) is 2.44. The maximum absolute atomic E-state index is 12.0. The summed E-state index contributed by atoms with van der Waals surface area (Å²) in [6.07, 6.45) is 4.39. The second-order valence-corrected chi connectivity index (χ2v) is 9.77. The molecule has 21 heavy (non-hydrogen) atoms. The van der Waals surface area contributed by atoms with Crippen molar-refractivity contribution in [3.8, 4) is 0 Å². The van der Waals surface area contributed by atoms with Gasteiger partial charge >= 0.3 is 0 Å². The van der Waals surface area contributed by atoms with Gasteiger partial charge in [-0.2, -0.15) is 0 Å². The molecule has 0 aromatic rings. The lowest BCUT2D eigenvalue weighted by Gasteiger charge is -2.52. The van der Waals surface area contributed by atoms with Crippen molar-refractivity contribution in [2.75, 3.05) is 31.1 Å². The number of rotatable bonds is 7. The molecule has 2 unspecified atom stereocenters. The minimum Gasteiger partial charge on any atom is -0.308 e. The van der Waals surface area contributed by atoms with E-state index in [1.165, 1.54) is 12.8 Å². The van der Waals surface area contributed by atoms with Crippen LogP contribution in [0.4, 0.5) is 0 Å². The summed E-state index contributed by atoms with van der Waals surface area (Å²) in [6, 6.07) is 0. The third-order valence-electron chi connectivity index (χ3n) is 5.58. The Kier molecular flexibility index (Phi) is 5.06. The van der Waals surface area contributed by atoms with E-state index in [9.17, 15) is 8.42 Å². The largest absolute Gasteiger partial charge is 0.308 e. The Morgan fingerprint density at radius 2 is 1.86 bits per heavy atom. The van der Waals surface area contributed by atoms with Crippen LogP contribution in [0.3, 0.4) is 0 Å². The lowest BCUT2D eigenvalue weighted by atomic mass is 9.84. The van der Waals surface area contributed by atoms with Gasteiger partial charge in [-0.3, -0.25) is 4.90 Å². The standard InChI is InChI=1S/C16H32N2O2S/c1-5-10-21(19,20)11-9-18-13-16(4,14-7-8-14)17-12-15(18,3)6-2/h14,17H,5-13H2,1-4H3. The number of nitrogens with zero attached hydrogens (tertiary/aromatic N) is 1. The molecule has 1 saturated carbocycles. The molecule has 2 rings (SSSR count). The molecule has 0 bridgehead atoms. The molecule has 5 heteroatoms. The van der Waals surface area contributed by atoms with Crippen molar-refractivity contribution >= 4 is 9.84 Å². The quantitative estimate of drug-likeness (QED) is 0.781. The van der Waals surface area contributed by atoms with Crippen LogP contribution in [-0.2, 0) is 9.84 Å². The van der Waals surface area contributed by atoms with Crippen LogP contribution in [0.15, 0.2) is 0 Å². The molecule has 1 N–H and O–H groups in total. The zero-order valence-electron chi connectivity index (χ0n) is 14.1. The van der Waals surface area contributed by atoms with Crippen molar-refractivity contribution in [3.05, 3.63) is 0 Å². The lowest BCUT2D eigenvalue weighted by molar-refractivity contribution is 0.0155. The van der Waals surface area contributed by atoms with Crippen molar-refractivity contribution in [2.45, 2.75) is 64.5 Å². The van der Waals surface area contributed by atoms with Gasteiger partial charge in [0.05, 0.1) is 5.75 Å². The molecule has 1 saturated heterocycles. The van der Waals surface area contributed by atoms with E-state index in [1.807, 2.05) is 6.92 Å². The monoisotopic (exact) mass is 316 g/mol. The van der Waals surface area contributed by atoms with Gasteiger partial charge in [0, 0.05) is 36.5 Å². The van der Waals surface area contributed by atoms with Gasteiger partial charge in [-0.05, 0) is 45.4 Å². The highest BCUT2D eigenvalue weighted by Gasteiger charge is 2.48. The van der Waals surface area contributed by atoms with E-state index >= 15 is 0 Å². The summed E-state index contributed by atoms with van der Waals surface area (Å²) in [6.45, 7) is 11.3. The van der Waals surface area contributed by atoms with Crippen LogP contribution in [0, 0.1) is 5.92 Å². The highest BCUT2D eigenvalue weighted by Crippen LogP contribution is 2.42. The number of nitrogens with one attached hydrogen (secondary N) is 1. The van der Waals surface area contributed by atoms with E-state index in [4.69, 9.17) is 0 Å². The minimum atomic E-state index is -2.89. The molecule has 0 aromatic carbocycles. The van der Waals surface area contributed by atoms with Gasteiger partial charge in [-0.25, -0.2) is 8.42 Å². The Morgan fingerprint density at radius 1 is 1.19 bits per heavy atom. The summed E-state index contributed by atoms with van der Waals surface area (Å²) in [5.41, 5.74) is 0.249. The van der Waals surface area contributed by atoms with Gasteiger partial charge in [-0.1, -0.05) is 13.8 Å². The molecule has 4 nitrogen and oxygen atoms in total. The fourth-order valence-corrected chi connectivity index (χ4v) is 4.83. The molecular formula is C16H32N2O2S. The average Bonchev–Trinajstić information content (AvgIpc) is 3.25. The Balaban J connectivity index is 2.04. The highest BCUT2D eigenvalue weighted by molar-refractivity contribution is 7.91. The molecular weight excluding hydrogens is 284 g/mol. The Morgan fingerprint density at radius 3 is 2.38 bits per heavy atom. The van der Waals surface area contributed by atoms with Gasteiger partial charge in [0.1, 0.15) is 0 Å². The molecule has 124 valence electrons. The normalized spacial score (nSPS) is 35.0. The molecule has 1 aliphatic carbocycles. The number of hydrogen-bond acceptors (Lipinski definition) is 4. The molecule has 0 amide bonds. The zero-order valence-corrected chi connectivity index (χ0v) is 14.9. The van der Waals surface area contributed by atoms with Gasteiger partial charge in [-0.15, -0.1) is 0 Å². The lowest BCUT2D eigenvalue weighted by Crippen LogP contribution is -2.69. The van der Waals surface area contributed by atoms with E-state index < -0.39 is 9.84 Å². The molecule has 1 aliphatic heterocycles. The van der Waals surface area contributed by atoms with Crippen molar-refractivity contribution in [1.82, 2.24) is 10.2 Å². The molecule has 2 fully saturated rings. The van der Waals surface area contributed by atoms with Gasteiger partial charge in [0.2, 0.25) is 0 Å². The first-order valence-electron chi connectivity index (χ1n) is 8.45. The number of hydrogen-bond donors (Lipinski definition) is 1. The Hall–Kier alpha value is -0.130.